The van der Waals surface area contributed by atoms with Crippen molar-refractivity contribution in [3.05, 3.63) is 11.3 Å². The van der Waals surface area contributed by atoms with Crippen LogP contribution in [0.3, 0.4) is 0 Å². The number of aromatic nitrogens is 2. The number of hydrogen-bond acceptors (Lipinski definition) is 4. The molecule has 0 spiro atoms. The van der Waals surface area contributed by atoms with E-state index in [1.807, 2.05) is 0 Å². The molecule has 1 heterocycles. The summed E-state index contributed by atoms with van der Waals surface area (Å²) in [5, 5.41) is -0.225. The van der Waals surface area contributed by atoms with Gasteiger partial charge in [-0.25, -0.2) is 9.97 Å². The van der Waals surface area contributed by atoms with Gasteiger partial charge in [0.05, 0.1) is 0 Å². The number of rotatable bonds is 2. The van der Waals surface area contributed by atoms with Crippen LogP contribution in [0.5, 0.6) is 5.88 Å². The molecule has 14 heavy (non-hydrogen) atoms. The van der Waals surface area contributed by atoms with E-state index in [1.54, 1.807) is 0 Å². The lowest BCUT2D eigenvalue weighted by Crippen LogP contribution is -2.20. The quantitative estimate of drug-likeness (QED) is 0.835. The number of nitrogens with two attached hydrogens (primary N) is 1. The second-order valence-electron chi connectivity index (χ2n) is 2.28. The molecule has 0 unspecified atom stereocenters. The van der Waals surface area contributed by atoms with Crippen LogP contribution in [-0.4, -0.2) is 22.8 Å². The summed E-state index contributed by atoms with van der Waals surface area (Å²) >= 11 is 5.48. The maximum atomic E-state index is 11.7. The smallest absolute Gasteiger partial charge is 0.422 e. The Morgan fingerprint density at radius 1 is 1.43 bits per heavy atom. The highest BCUT2D eigenvalue weighted by atomic mass is 35.5. The SMILES string of the molecule is Nc1ncnc(OCC(F)(F)F)c1Cl. The summed E-state index contributed by atoms with van der Waals surface area (Å²) in [5.74, 6) is -0.504. The summed E-state index contributed by atoms with van der Waals surface area (Å²) in [6.45, 7) is -1.47. The molecule has 0 amide bonds. The minimum Gasteiger partial charge on any atom is -0.467 e. The fourth-order valence-corrected chi connectivity index (χ4v) is 0.769. The van der Waals surface area contributed by atoms with Gasteiger partial charge in [0, 0.05) is 0 Å². The molecule has 0 aliphatic heterocycles. The highest BCUT2D eigenvalue weighted by molar-refractivity contribution is 6.33. The lowest BCUT2D eigenvalue weighted by Gasteiger charge is -2.09. The third-order valence-corrected chi connectivity index (χ3v) is 1.51. The van der Waals surface area contributed by atoms with Crippen molar-refractivity contribution >= 4 is 17.4 Å². The largest absolute Gasteiger partial charge is 0.467 e. The zero-order chi connectivity index (χ0) is 10.8. The number of hydrogen-bond donors (Lipinski definition) is 1. The Kier molecular flexibility index (Phi) is 3.00. The average Bonchev–Trinajstić information content (AvgIpc) is 2.06. The zero-order valence-electron chi connectivity index (χ0n) is 6.68. The standard InChI is InChI=1S/C6H5ClF3N3O/c7-3-4(11)12-2-13-5(3)14-1-6(8,9)10/h2H,1H2,(H2,11,12,13). The number of nitrogen functional groups attached to an aromatic ring is 1. The fraction of sp³-hybridized carbons (Fsp3) is 0.333. The van der Waals surface area contributed by atoms with E-state index in [4.69, 9.17) is 17.3 Å². The lowest BCUT2D eigenvalue weighted by atomic mass is 10.5. The molecule has 0 fully saturated rings. The van der Waals surface area contributed by atoms with Gasteiger partial charge in [-0.3, -0.25) is 0 Å². The molecular formula is C6H5ClF3N3O. The summed E-state index contributed by atoms with van der Waals surface area (Å²) in [6, 6.07) is 0. The van der Waals surface area contributed by atoms with Crippen LogP contribution in [0.1, 0.15) is 0 Å². The van der Waals surface area contributed by atoms with Gasteiger partial charge in [0.25, 0.3) is 0 Å². The normalized spacial score (nSPS) is 11.4. The summed E-state index contributed by atoms with van der Waals surface area (Å²) in [5.41, 5.74) is 5.22. The first-order chi connectivity index (χ1) is 6.40. The number of halogens is 4. The molecule has 0 bridgehead atoms. The highest BCUT2D eigenvalue weighted by Crippen LogP contribution is 2.26. The number of anilines is 1. The average molecular weight is 228 g/mol. The molecule has 8 heteroatoms. The Labute approximate surface area is 81.9 Å². The molecule has 0 saturated carbocycles. The predicted octanol–water partition coefficient (Wildman–Crippen LogP) is 1.65. The van der Waals surface area contributed by atoms with Gasteiger partial charge in [-0.2, -0.15) is 13.2 Å². The van der Waals surface area contributed by atoms with E-state index in [2.05, 4.69) is 14.7 Å². The van der Waals surface area contributed by atoms with Crippen molar-refractivity contribution in [3.63, 3.8) is 0 Å². The number of ether oxygens (including phenoxy) is 1. The third kappa shape index (κ3) is 2.91. The van der Waals surface area contributed by atoms with E-state index in [0.29, 0.717) is 0 Å². The van der Waals surface area contributed by atoms with Gasteiger partial charge in [0.2, 0.25) is 5.88 Å². The molecule has 1 rings (SSSR count). The van der Waals surface area contributed by atoms with Gasteiger partial charge in [-0.05, 0) is 0 Å². The van der Waals surface area contributed by atoms with E-state index in [0.717, 1.165) is 6.33 Å². The van der Waals surface area contributed by atoms with Crippen molar-refractivity contribution in [2.75, 3.05) is 12.3 Å². The predicted molar refractivity (Wildman–Crippen MR) is 43.0 cm³/mol. The minimum absolute atomic E-state index is 0.126. The van der Waals surface area contributed by atoms with Crippen LogP contribution in [-0.2, 0) is 0 Å². The molecule has 1 aromatic rings. The summed E-state index contributed by atoms with van der Waals surface area (Å²) < 4.78 is 39.5. The van der Waals surface area contributed by atoms with Gasteiger partial charge in [-0.15, -0.1) is 0 Å². The molecule has 0 aromatic carbocycles. The highest BCUT2D eigenvalue weighted by Gasteiger charge is 2.29. The zero-order valence-corrected chi connectivity index (χ0v) is 7.43. The Morgan fingerprint density at radius 3 is 2.64 bits per heavy atom. The maximum absolute atomic E-state index is 11.7. The van der Waals surface area contributed by atoms with Crippen molar-refractivity contribution in [2.45, 2.75) is 6.18 Å². The second kappa shape index (κ2) is 3.87. The monoisotopic (exact) mass is 227 g/mol. The van der Waals surface area contributed by atoms with Gasteiger partial charge >= 0.3 is 6.18 Å². The maximum Gasteiger partial charge on any atom is 0.422 e. The van der Waals surface area contributed by atoms with Crippen LogP contribution in [0.2, 0.25) is 5.02 Å². The van der Waals surface area contributed by atoms with E-state index in [-0.39, 0.29) is 16.7 Å². The Balaban J connectivity index is 2.73. The van der Waals surface area contributed by atoms with Crippen LogP contribution in [0.4, 0.5) is 19.0 Å². The van der Waals surface area contributed by atoms with E-state index in [9.17, 15) is 13.2 Å². The molecule has 2 N–H and O–H groups in total. The molecule has 0 atom stereocenters. The fourth-order valence-electron chi connectivity index (χ4n) is 0.617. The van der Waals surface area contributed by atoms with Crippen molar-refractivity contribution in [3.8, 4) is 5.88 Å². The minimum atomic E-state index is -4.44. The lowest BCUT2D eigenvalue weighted by molar-refractivity contribution is -0.154. The van der Waals surface area contributed by atoms with E-state index >= 15 is 0 Å². The molecule has 4 nitrogen and oxygen atoms in total. The van der Waals surface area contributed by atoms with Crippen LogP contribution in [0.25, 0.3) is 0 Å². The van der Waals surface area contributed by atoms with Crippen LogP contribution < -0.4 is 10.5 Å². The topological polar surface area (TPSA) is 61.0 Å². The molecule has 0 aliphatic carbocycles. The first-order valence-electron chi connectivity index (χ1n) is 3.35. The van der Waals surface area contributed by atoms with Gasteiger partial charge < -0.3 is 10.5 Å². The molecule has 0 saturated heterocycles. The van der Waals surface area contributed by atoms with Crippen molar-refractivity contribution < 1.29 is 17.9 Å². The van der Waals surface area contributed by atoms with Gasteiger partial charge in [0.1, 0.15) is 17.2 Å². The summed E-state index contributed by atoms with van der Waals surface area (Å²) in [4.78, 5) is 6.85. The van der Waals surface area contributed by atoms with Crippen LogP contribution in [0, 0.1) is 0 Å². The molecule has 0 radical (unpaired) electrons. The van der Waals surface area contributed by atoms with Crippen molar-refractivity contribution in [2.24, 2.45) is 0 Å². The van der Waals surface area contributed by atoms with Crippen LogP contribution in [0.15, 0.2) is 6.33 Å². The van der Waals surface area contributed by atoms with E-state index < -0.39 is 12.8 Å². The molecule has 0 aliphatic rings. The number of nitrogens with zero attached hydrogens (tertiary/aromatic N) is 2. The van der Waals surface area contributed by atoms with Gasteiger partial charge in [0.15, 0.2) is 6.61 Å². The van der Waals surface area contributed by atoms with E-state index in [1.165, 1.54) is 0 Å². The number of alkyl halides is 3. The summed E-state index contributed by atoms with van der Waals surface area (Å²) in [6.07, 6.45) is -3.48. The Hall–Kier alpha value is -1.24. The summed E-state index contributed by atoms with van der Waals surface area (Å²) in [7, 11) is 0. The third-order valence-electron chi connectivity index (χ3n) is 1.16. The van der Waals surface area contributed by atoms with Crippen molar-refractivity contribution in [1.29, 1.82) is 0 Å². The van der Waals surface area contributed by atoms with Gasteiger partial charge in [-0.1, -0.05) is 11.6 Å². The Bertz CT molecular complexity index is 331. The first-order valence-corrected chi connectivity index (χ1v) is 3.73. The Morgan fingerprint density at radius 2 is 2.07 bits per heavy atom. The van der Waals surface area contributed by atoms with Crippen LogP contribution >= 0.6 is 11.6 Å². The molecule has 78 valence electrons. The molecule has 1 aromatic heterocycles. The first kappa shape index (κ1) is 10.8. The van der Waals surface area contributed by atoms with Crippen molar-refractivity contribution in [1.82, 2.24) is 9.97 Å². The second-order valence-corrected chi connectivity index (χ2v) is 2.66. The molecular weight excluding hydrogens is 223 g/mol.